The van der Waals surface area contributed by atoms with Gasteiger partial charge in [-0.1, -0.05) is 83.5 Å². The van der Waals surface area contributed by atoms with E-state index in [0.29, 0.717) is 0 Å². The number of likely N-dealkylation sites (tertiary alicyclic amines) is 1. The van der Waals surface area contributed by atoms with Gasteiger partial charge in [-0.3, -0.25) is 4.90 Å². The molecule has 16 atom stereocenters. The van der Waals surface area contributed by atoms with Crippen molar-refractivity contribution in [3.8, 4) is 0 Å². The Bertz CT molecular complexity index is 989. The zero-order chi connectivity index (χ0) is 28.1. The predicted octanol–water partition coefficient (Wildman–Crippen LogP) is 10.9. The summed E-state index contributed by atoms with van der Waals surface area (Å²) < 4.78 is 0. The first kappa shape index (κ1) is 28.0. The fourth-order valence-electron chi connectivity index (χ4n) is 16.9. The van der Waals surface area contributed by atoms with Gasteiger partial charge in [0.2, 0.25) is 0 Å². The maximum atomic E-state index is 3.41. The Kier molecular flexibility index (Phi) is 7.36. The molecule has 0 spiro atoms. The predicted molar refractivity (Wildman–Crippen MR) is 177 cm³/mol. The van der Waals surface area contributed by atoms with E-state index in [1.807, 2.05) is 0 Å². The van der Waals surface area contributed by atoms with Crippen LogP contribution in [-0.2, 0) is 0 Å². The van der Waals surface area contributed by atoms with Crippen molar-refractivity contribution in [1.82, 2.24) is 4.90 Å². The number of rotatable bonds is 2. The van der Waals surface area contributed by atoms with Gasteiger partial charge in [-0.25, -0.2) is 0 Å². The molecule has 0 amide bonds. The van der Waals surface area contributed by atoms with E-state index in [0.717, 1.165) is 101 Å². The summed E-state index contributed by atoms with van der Waals surface area (Å²) in [4.78, 5) is 3.41. The lowest BCUT2D eigenvalue weighted by Crippen LogP contribution is -2.52. The Labute approximate surface area is 265 Å². The zero-order valence-corrected chi connectivity index (χ0v) is 27.9. The van der Waals surface area contributed by atoms with Gasteiger partial charge in [0.25, 0.3) is 0 Å². The maximum absolute atomic E-state index is 3.41. The second-order valence-corrected chi connectivity index (χ2v) is 19.5. The number of hydrogen-bond acceptors (Lipinski definition) is 1. The summed E-state index contributed by atoms with van der Waals surface area (Å²) in [5.41, 5.74) is 0. The molecular weight excluding hydrogens is 518 g/mol. The van der Waals surface area contributed by atoms with Gasteiger partial charge in [-0.05, 0) is 160 Å². The summed E-state index contributed by atoms with van der Waals surface area (Å²) in [6, 6.07) is 2.95. The van der Waals surface area contributed by atoms with Gasteiger partial charge in [0.05, 0.1) is 0 Å². The van der Waals surface area contributed by atoms with Gasteiger partial charge in [0.15, 0.2) is 0 Å². The van der Waals surface area contributed by atoms with Crippen molar-refractivity contribution in [2.75, 3.05) is 0 Å². The molecular formula is C42H67N. The lowest BCUT2D eigenvalue weighted by molar-refractivity contribution is -0.0328. The average Bonchev–Trinajstić information content (AvgIpc) is 3.75. The summed E-state index contributed by atoms with van der Waals surface area (Å²) >= 11 is 0. The molecule has 1 nitrogen and oxygen atoms in total. The van der Waals surface area contributed by atoms with Gasteiger partial charge in [0.1, 0.15) is 0 Å². The van der Waals surface area contributed by atoms with Crippen LogP contribution in [0.3, 0.4) is 0 Å². The van der Waals surface area contributed by atoms with Crippen LogP contribution in [-0.4, -0.2) is 23.0 Å². The fourth-order valence-corrected chi connectivity index (χ4v) is 16.9. The summed E-state index contributed by atoms with van der Waals surface area (Å²) in [6.07, 6.45) is 40.1. The number of nitrogens with zero attached hydrogens (tertiary/aromatic N) is 1. The number of hydrogen-bond donors (Lipinski definition) is 0. The molecule has 0 bridgehead atoms. The molecule has 9 aliphatic carbocycles. The molecule has 0 aromatic heterocycles. The van der Waals surface area contributed by atoms with Crippen LogP contribution in [0.2, 0.25) is 0 Å². The van der Waals surface area contributed by atoms with Crippen LogP contribution >= 0.6 is 0 Å². The van der Waals surface area contributed by atoms with Gasteiger partial charge in [0, 0.05) is 18.1 Å². The van der Waals surface area contributed by atoms with Crippen LogP contribution < -0.4 is 0 Å². The molecule has 16 unspecified atom stereocenters. The van der Waals surface area contributed by atoms with E-state index in [-0.39, 0.29) is 0 Å². The third kappa shape index (κ3) is 4.58. The Morgan fingerprint density at radius 3 is 1.58 bits per heavy atom. The van der Waals surface area contributed by atoms with E-state index in [2.05, 4.69) is 4.90 Å². The van der Waals surface area contributed by atoms with Crippen molar-refractivity contribution in [3.63, 3.8) is 0 Å². The average molecular weight is 586 g/mol. The van der Waals surface area contributed by atoms with Crippen molar-refractivity contribution in [2.45, 2.75) is 179 Å². The highest BCUT2D eigenvalue weighted by atomic mass is 15.3. The maximum Gasteiger partial charge on any atom is 0.0136 e. The molecule has 240 valence electrons. The lowest BCUT2D eigenvalue weighted by atomic mass is 9.54. The quantitative estimate of drug-likeness (QED) is 0.311. The highest BCUT2D eigenvalue weighted by Crippen LogP contribution is 2.66. The molecule has 0 radical (unpaired) electrons. The highest BCUT2D eigenvalue weighted by Gasteiger charge is 2.60. The molecule has 0 aromatic carbocycles. The summed E-state index contributed by atoms with van der Waals surface area (Å²) in [5, 5.41) is 0. The summed E-state index contributed by atoms with van der Waals surface area (Å²) in [6.45, 7) is 0. The molecule has 43 heavy (non-hydrogen) atoms. The zero-order valence-electron chi connectivity index (χ0n) is 27.9. The van der Waals surface area contributed by atoms with Crippen molar-refractivity contribution >= 4 is 0 Å². The minimum Gasteiger partial charge on any atom is -0.294 e. The lowest BCUT2D eigenvalue weighted by Gasteiger charge is -2.52. The molecule has 10 rings (SSSR count). The normalized spacial score (nSPS) is 57.9. The Morgan fingerprint density at radius 2 is 0.814 bits per heavy atom. The van der Waals surface area contributed by atoms with Crippen LogP contribution in [0.1, 0.15) is 161 Å². The van der Waals surface area contributed by atoms with E-state index < -0.39 is 0 Å². The van der Waals surface area contributed by atoms with Crippen molar-refractivity contribution < 1.29 is 0 Å². The first-order valence-corrected chi connectivity index (χ1v) is 21.1. The standard InChI is InChI=1S/C42H67N/c1-2-10-27-20-32(19-26(27)9-1)36-22-30-13-5-6-14-34(30)39-23-31-17-18-33(25-37(31)42(36)39)43-40-16-8-7-15-35(40)38-21-28-11-3-4-12-29(28)24-41(38)43/h26-42H,1-25H2. The molecule has 1 heteroatoms. The molecule has 9 saturated carbocycles. The fraction of sp³-hybridized carbons (Fsp3) is 1.00. The van der Waals surface area contributed by atoms with E-state index in [9.17, 15) is 0 Å². The molecule has 0 aromatic rings. The SMILES string of the molecule is C1CCC2CC(C3CC4CCCCC4C4CC5CCC(N6C7CCCCC7C7CC8CCCCC8CC76)CC5C34)CC2C1. The van der Waals surface area contributed by atoms with Gasteiger partial charge < -0.3 is 0 Å². The number of fused-ring (bicyclic) bond motifs is 10. The minimum absolute atomic E-state index is 0.969. The largest absolute Gasteiger partial charge is 0.294 e. The monoisotopic (exact) mass is 586 g/mol. The van der Waals surface area contributed by atoms with E-state index in [4.69, 9.17) is 0 Å². The van der Waals surface area contributed by atoms with Gasteiger partial charge in [-0.2, -0.15) is 0 Å². The summed E-state index contributed by atoms with van der Waals surface area (Å²) in [5.74, 6) is 15.7. The molecule has 1 heterocycles. The van der Waals surface area contributed by atoms with Gasteiger partial charge in [-0.15, -0.1) is 0 Å². The van der Waals surface area contributed by atoms with Crippen LogP contribution in [0.25, 0.3) is 0 Å². The topological polar surface area (TPSA) is 3.24 Å². The second-order valence-electron chi connectivity index (χ2n) is 19.5. The van der Waals surface area contributed by atoms with E-state index >= 15 is 0 Å². The first-order valence-electron chi connectivity index (χ1n) is 21.1. The third-order valence-corrected chi connectivity index (χ3v) is 18.3. The van der Waals surface area contributed by atoms with Crippen LogP contribution in [0.4, 0.5) is 0 Å². The first-order chi connectivity index (χ1) is 21.3. The van der Waals surface area contributed by atoms with Crippen LogP contribution in [0.15, 0.2) is 0 Å². The van der Waals surface area contributed by atoms with Crippen molar-refractivity contribution in [2.24, 2.45) is 82.9 Å². The van der Waals surface area contributed by atoms with E-state index in [1.54, 1.807) is 161 Å². The Hall–Kier alpha value is -0.0400. The summed E-state index contributed by atoms with van der Waals surface area (Å²) in [7, 11) is 0. The highest BCUT2D eigenvalue weighted by molar-refractivity contribution is 5.11. The molecule has 10 aliphatic rings. The van der Waals surface area contributed by atoms with Crippen LogP contribution in [0.5, 0.6) is 0 Å². The Balaban J connectivity index is 0.940. The molecule has 1 aliphatic heterocycles. The molecule has 0 N–H and O–H groups in total. The van der Waals surface area contributed by atoms with Crippen LogP contribution in [0, 0.1) is 82.9 Å². The third-order valence-electron chi connectivity index (χ3n) is 18.3. The van der Waals surface area contributed by atoms with Gasteiger partial charge >= 0.3 is 0 Å². The van der Waals surface area contributed by atoms with Crippen molar-refractivity contribution in [1.29, 1.82) is 0 Å². The molecule has 1 saturated heterocycles. The second kappa shape index (κ2) is 11.3. The minimum atomic E-state index is 0.969. The smallest absolute Gasteiger partial charge is 0.0136 e. The Morgan fingerprint density at radius 1 is 0.279 bits per heavy atom. The van der Waals surface area contributed by atoms with E-state index in [1.165, 1.54) is 0 Å². The molecule has 10 fully saturated rings. The van der Waals surface area contributed by atoms with Crippen molar-refractivity contribution in [3.05, 3.63) is 0 Å².